The van der Waals surface area contributed by atoms with Crippen molar-refractivity contribution >= 4 is 5.82 Å². The zero-order chi connectivity index (χ0) is 11.0. The van der Waals surface area contributed by atoms with Crippen LogP contribution in [0.4, 0.5) is 5.82 Å². The minimum absolute atomic E-state index is 0.652. The number of nitrogens with one attached hydrogen (secondary N) is 1. The van der Waals surface area contributed by atoms with Crippen LogP contribution in [-0.4, -0.2) is 35.6 Å². The van der Waals surface area contributed by atoms with E-state index in [2.05, 4.69) is 33.2 Å². The maximum Gasteiger partial charge on any atom is 0.132 e. The Hall–Kier alpha value is -1.16. The lowest BCUT2D eigenvalue weighted by Crippen LogP contribution is -2.34. The maximum atomic E-state index is 4.42. The number of hydrogen-bond acceptors (Lipinski definition) is 4. The summed E-state index contributed by atoms with van der Waals surface area (Å²) in [5.74, 6) is 1.93. The summed E-state index contributed by atoms with van der Waals surface area (Å²) in [7, 11) is 0. The highest BCUT2D eigenvalue weighted by Crippen LogP contribution is 2.30. The van der Waals surface area contributed by atoms with Crippen molar-refractivity contribution in [3.63, 3.8) is 0 Å². The second-order valence-corrected chi connectivity index (χ2v) is 4.69. The van der Waals surface area contributed by atoms with Gasteiger partial charge >= 0.3 is 0 Å². The highest BCUT2D eigenvalue weighted by atomic mass is 15.3. The van der Waals surface area contributed by atoms with Crippen molar-refractivity contribution in [2.45, 2.75) is 25.8 Å². The molecule has 2 aliphatic rings. The van der Waals surface area contributed by atoms with Gasteiger partial charge in [-0.05, 0) is 18.8 Å². The Morgan fingerprint density at radius 2 is 2.38 bits per heavy atom. The van der Waals surface area contributed by atoms with Gasteiger partial charge in [-0.3, -0.25) is 0 Å². The van der Waals surface area contributed by atoms with Crippen LogP contribution in [0.3, 0.4) is 0 Å². The third-order valence-corrected chi connectivity index (χ3v) is 3.81. The molecule has 1 N–H and O–H groups in total. The predicted octanol–water partition coefficient (Wildman–Crippen LogP) is 0.837. The van der Waals surface area contributed by atoms with E-state index in [0.717, 1.165) is 36.9 Å². The first kappa shape index (κ1) is 10.0. The van der Waals surface area contributed by atoms with Crippen LogP contribution in [0.5, 0.6) is 0 Å². The summed E-state index contributed by atoms with van der Waals surface area (Å²) in [6.07, 6.45) is 3.97. The summed E-state index contributed by atoms with van der Waals surface area (Å²) in [5.41, 5.74) is 1.14. The number of fused-ring (bicyclic) bond motifs is 1. The van der Waals surface area contributed by atoms with E-state index in [4.69, 9.17) is 0 Å². The second kappa shape index (κ2) is 4.01. The molecule has 1 aromatic rings. The van der Waals surface area contributed by atoms with Crippen LogP contribution in [0.15, 0.2) is 12.4 Å². The van der Waals surface area contributed by atoms with Gasteiger partial charge in [0.05, 0.1) is 0 Å². The lowest BCUT2D eigenvalue weighted by molar-refractivity contribution is 0.577. The number of aryl methyl sites for hydroxylation is 1. The second-order valence-electron chi connectivity index (χ2n) is 4.69. The SMILES string of the molecule is CCc1cc(N2CC[C@H]3CNC[C@H]32)ncn1. The summed E-state index contributed by atoms with van der Waals surface area (Å²) in [6.45, 7) is 5.57. The van der Waals surface area contributed by atoms with E-state index in [0.29, 0.717) is 6.04 Å². The van der Waals surface area contributed by atoms with Gasteiger partial charge in [-0.15, -0.1) is 0 Å². The van der Waals surface area contributed by atoms with Crippen molar-refractivity contribution in [3.8, 4) is 0 Å². The molecule has 0 bridgehead atoms. The molecule has 2 saturated heterocycles. The number of aromatic nitrogens is 2. The van der Waals surface area contributed by atoms with Crippen LogP contribution < -0.4 is 10.2 Å². The highest BCUT2D eigenvalue weighted by Gasteiger charge is 2.38. The Balaban J connectivity index is 1.86. The van der Waals surface area contributed by atoms with Gasteiger partial charge in [0.1, 0.15) is 12.1 Å². The molecule has 4 nitrogen and oxygen atoms in total. The third-order valence-electron chi connectivity index (χ3n) is 3.81. The Labute approximate surface area is 96.1 Å². The molecule has 0 aliphatic carbocycles. The van der Waals surface area contributed by atoms with Crippen LogP contribution in [-0.2, 0) is 6.42 Å². The molecule has 4 heteroatoms. The van der Waals surface area contributed by atoms with Gasteiger partial charge in [-0.25, -0.2) is 9.97 Å². The van der Waals surface area contributed by atoms with E-state index in [9.17, 15) is 0 Å². The molecule has 0 aromatic carbocycles. The maximum absolute atomic E-state index is 4.42. The molecular weight excluding hydrogens is 200 g/mol. The minimum Gasteiger partial charge on any atom is -0.352 e. The predicted molar refractivity (Wildman–Crippen MR) is 63.5 cm³/mol. The van der Waals surface area contributed by atoms with Gasteiger partial charge in [-0.1, -0.05) is 6.92 Å². The van der Waals surface area contributed by atoms with Gasteiger partial charge < -0.3 is 10.2 Å². The van der Waals surface area contributed by atoms with Crippen molar-refractivity contribution in [1.29, 1.82) is 0 Å². The minimum atomic E-state index is 0.652. The van der Waals surface area contributed by atoms with Gasteiger partial charge in [-0.2, -0.15) is 0 Å². The zero-order valence-electron chi connectivity index (χ0n) is 9.69. The Kier molecular flexibility index (Phi) is 2.52. The normalized spacial score (nSPS) is 28.4. The quantitative estimate of drug-likeness (QED) is 0.798. The van der Waals surface area contributed by atoms with Crippen molar-refractivity contribution in [3.05, 3.63) is 18.1 Å². The van der Waals surface area contributed by atoms with Crippen LogP contribution in [0.25, 0.3) is 0 Å². The standard InChI is InChI=1S/C12H18N4/c1-2-10-5-12(15-8-14-10)16-4-3-9-6-13-7-11(9)16/h5,8-9,11,13H,2-4,6-7H2,1H3/t9-,11+/m0/s1. The van der Waals surface area contributed by atoms with E-state index < -0.39 is 0 Å². The average Bonchev–Trinajstić information content (AvgIpc) is 2.90. The zero-order valence-corrected chi connectivity index (χ0v) is 9.69. The fraction of sp³-hybridized carbons (Fsp3) is 0.667. The molecule has 86 valence electrons. The van der Waals surface area contributed by atoms with Crippen molar-refractivity contribution in [2.24, 2.45) is 5.92 Å². The summed E-state index contributed by atoms with van der Waals surface area (Å²) in [5, 5.41) is 3.47. The molecule has 2 aliphatic heterocycles. The largest absolute Gasteiger partial charge is 0.352 e. The molecule has 2 atom stereocenters. The fourth-order valence-corrected chi connectivity index (χ4v) is 2.87. The third kappa shape index (κ3) is 1.57. The molecule has 2 fully saturated rings. The van der Waals surface area contributed by atoms with E-state index in [1.54, 1.807) is 6.33 Å². The van der Waals surface area contributed by atoms with Gasteiger partial charge in [0.15, 0.2) is 0 Å². The summed E-state index contributed by atoms with van der Waals surface area (Å²) >= 11 is 0. The Morgan fingerprint density at radius 1 is 1.44 bits per heavy atom. The van der Waals surface area contributed by atoms with E-state index >= 15 is 0 Å². The Bertz CT molecular complexity index is 379. The average molecular weight is 218 g/mol. The van der Waals surface area contributed by atoms with Crippen LogP contribution in [0.2, 0.25) is 0 Å². The number of rotatable bonds is 2. The molecule has 0 unspecified atom stereocenters. The van der Waals surface area contributed by atoms with E-state index in [1.165, 1.54) is 13.0 Å². The smallest absolute Gasteiger partial charge is 0.132 e. The summed E-state index contributed by atoms with van der Waals surface area (Å²) in [4.78, 5) is 11.1. The lowest BCUT2D eigenvalue weighted by atomic mass is 10.1. The van der Waals surface area contributed by atoms with Crippen molar-refractivity contribution < 1.29 is 0 Å². The Morgan fingerprint density at radius 3 is 3.25 bits per heavy atom. The molecule has 3 heterocycles. The molecule has 3 rings (SSSR count). The molecule has 0 spiro atoms. The van der Waals surface area contributed by atoms with Gasteiger partial charge in [0.25, 0.3) is 0 Å². The van der Waals surface area contributed by atoms with Crippen LogP contribution >= 0.6 is 0 Å². The van der Waals surface area contributed by atoms with Crippen molar-refractivity contribution in [1.82, 2.24) is 15.3 Å². The van der Waals surface area contributed by atoms with Gasteiger partial charge in [0.2, 0.25) is 0 Å². The summed E-state index contributed by atoms with van der Waals surface area (Å²) in [6, 6.07) is 2.79. The molecular formula is C12H18N4. The molecule has 0 radical (unpaired) electrons. The molecule has 1 aromatic heterocycles. The van der Waals surface area contributed by atoms with E-state index in [1.807, 2.05) is 0 Å². The monoisotopic (exact) mass is 218 g/mol. The first-order chi connectivity index (χ1) is 7.88. The van der Waals surface area contributed by atoms with Crippen molar-refractivity contribution in [2.75, 3.05) is 24.5 Å². The number of nitrogens with zero attached hydrogens (tertiary/aromatic N) is 3. The topological polar surface area (TPSA) is 41.0 Å². The van der Waals surface area contributed by atoms with Gasteiger partial charge in [0, 0.05) is 37.4 Å². The molecule has 16 heavy (non-hydrogen) atoms. The number of hydrogen-bond donors (Lipinski definition) is 1. The lowest BCUT2D eigenvalue weighted by Gasteiger charge is -2.24. The number of anilines is 1. The highest BCUT2D eigenvalue weighted by molar-refractivity contribution is 5.42. The van der Waals surface area contributed by atoms with Crippen LogP contribution in [0, 0.1) is 5.92 Å². The first-order valence-electron chi connectivity index (χ1n) is 6.16. The van der Waals surface area contributed by atoms with Crippen LogP contribution in [0.1, 0.15) is 19.0 Å². The van der Waals surface area contributed by atoms with E-state index in [-0.39, 0.29) is 0 Å². The summed E-state index contributed by atoms with van der Waals surface area (Å²) < 4.78 is 0. The first-order valence-corrected chi connectivity index (χ1v) is 6.16. The molecule has 0 saturated carbocycles. The molecule has 0 amide bonds. The fourth-order valence-electron chi connectivity index (χ4n) is 2.87.